The van der Waals surface area contributed by atoms with Crippen molar-refractivity contribution >= 4 is 48.4 Å². The van der Waals surface area contributed by atoms with Gasteiger partial charge in [-0.2, -0.15) is 0 Å². The maximum Gasteiger partial charge on any atom is 0.335 e. The van der Waals surface area contributed by atoms with Crippen LogP contribution in [0, 0.1) is 5.82 Å². The second kappa shape index (κ2) is 14.0. The highest BCUT2D eigenvalue weighted by molar-refractivity contribution is 5.84. The van der Waals surface area contributed by atoms with E-state index in [4.69, 9.17) is 9.47 Å². The van der Waals surface area contributed by atoms with Crippen LogP contribution in [0.4, 0.5) is 4.39 Å². The van der Waals surface area contributed by atoms with E-state index in [0.717, 1.165) is 34.4 Å². The summed E-state index contributed by atoms with van der Waals surface area (Å²) >= 11 is 0. The van der Waals surface area contributed by atoms with Crippen LogP contribution in [0.15, 0.2) is 116 Å². The maximum atomic E-state index is 14.8. The highest BCUT2D eigenvalue weighted by Crippen LogP contribution is 2.20. The first-order chi connectivity index (χ1) is 19.9. The molecule has 0 saturated carbocycles. The number of ether oxygens (including phenoxy) is 2. The lowest BCUT2D eigenvalue weighted by molar-refractivity contribution is -0.129. The zero-order valence-corrected chi connectivity index (χ0v) is 22.2. The van der Waals surface area contributed by atoms with Crippen molar-refractivity contribution in [3.05, 3.63) is 156 Å². The zero-order valence-electron chi connectivity index (χ0n) is 22.2. The molecular formula is C36H27FO4. The van der Waals surface area contributed by atoms with Gasteiger partial charge in [0.2, 0.25) is 0 Å². The van der Waals surface area contributed by atoms with E-state index in [1.54, 1.807) is 48.6 Å². The van der Waals surface area contributed by atoms with Crippen LogP contribution in [0.25, 0.3) is 36.5 Å². The summed E-state index contributed by atoms with van der Waals surface area (Å²) in [4.78, 5) is 22.8. The molecule has 0 radical (unpaired) electrons. The van der Waals surface area contributed by atoms with Gasteiger partial charge in [-0.05, 0) is 58.1 Å². The fraction of sp³-hybridized carbons (Fsp3) is 0. The Kier molecular flexibility index (Phi) is 9.73. The minimum Gasteiger partial charge on any atom is -0.423 e. The summed E-state index contributed by atoms with van der Waals surface area (Å²) in [6.45, 7) is 6.79. The average Bonchev–Trinajstić information content (AvgIpc) is 2.99. The highest BCUT2D eigenvalue weighted by Gasteiger charge is 2.02. The van der Waals surface area contributed by atoms with Gasteiger partial charge in [0.15, 0.2) is 0 Å². The Bertz CT molecular complexity index is 1660. The van der Waals surface area contributed by atoms with Gasteiger partial charge in [-0.15, -0.1) is 0 Å². The summed E-state index contributed by atoms with van der Waals surface area (Å²) in [7, 11) is 0. The first-order valence-corrected chi connectivity index (χ1v) is 12.7. The summed E-state index contributed by atoms with van der Waals surface area (Å²) in [5.74, 6) is -0.510. The Hall–Kier alpha value is -5.55. The molecule has 0 aliphatic rings. The van der Waals surface area contributed by atoms with Crippen LogP contribution >= 0.6 is 0 Å². The lowest BCUT2D eigenvalue weighted by atomic mass is 10.1. The van der Waals surface area contributed by atoms with Crippen LogP contribution in [0.2, 0.25) is 0 Å². The third kappa shape index (κ3) is 8.73. The second-order valence-electron chi connectivity index (χ2n) is 8.84. The predicted octanol–water partition coefficient (Wildman–Crippen LogP) is 8.52. The van der Waals surface area contributed by atoms with Gasteiger partial charge in [0.1, 0.15) is 17.3 Å². The molecule has 41 heavy (non-hydrogen) atoms. The van der Waals surface area contributed by atoms with Crippen molar-refractivity contribution in [2.75, 3.05) is 0 Å². The fourth-order valence-electron chi connectivity index (χ4n) is 3.75. The van der Waals surface area contributed by atoms with Gasteiger partial charge in [0, 0.05) is 17.7 Å². The third-order valence-electron chi connectivity index (χ3n) is 5.84. The number of halogens is 1. The number of hydrogen-bond donors (Lipinski definition) is 0. The van der Waals surface area contributed by atoms with E-state index in [9.17, 15) is 14.0 Å². The SMILES string of the molecule is C=CC(=O)Oc1cccc(/C=C/c2ccc(/C=C/c3ccc(/C=C/c4cccc(OC(=O)C=C)c4)cc3F)cc2)c1. The number of esters is 2. The molecule has 0 bridgehead atoms. The molecule has 4 aromatic rings. The molecule has 5 heteroatoms. The summed E-state index contributed by atoms with van der Waals surface area (Å²) in [6, 6.07) is 27.1. The van der Waals surface area contributed by atoms with E-state index in [2.05, 4.69) is 13.2 Å². The zero-order chi connectivity index (χ0) is 29.0. The molecule has 202 valence electrons. The number of carbonyl (C=O) groups excluding carboxylic acids is 2. The number of carbonyl (C=O) groups is 2. The molecule has 4 rings (SSSR count). The van der Waals surface area contributed by atoms with E-state index in [0.29, 0.717) is 22.6 Å². The van der Waals surface area contributed by atoms with E-state index < -0.39 is 11.9 Å². The van der Waals surface area contributed by atoms with E-state index >= 15 is 0 Å². The van der Waals surface area contributed by atoms with E-state index in [1.807, 2.05) is 72.8 Å². The maximum absolute atomic E-state index is 14.8. The first kappa shape index (κ1) is 28.5. The van der Waals surface area contributed by atoms with Crippen LogP contribution in [-0.4, -0.2) is 11.9 Å². The van der Waals surface area contributed by atoms with Crippen molar-refractivity contribution in [3.8, 4) is 11.5 Å². The molecule has 0 aliphatic heterocycles. The standard InChI is InChI=1S/C36H27FO4/c1-3-35(38)40-32-9-5-7-28(23-32)16-15-26-11-13-27(14-12-26)19-21-31-22-20-30(25-34(31)37)18-17-29-8-6-10-33(24-29)41-36(39)4-2/h3-25H,1-2H2/b16-15+,18-17+,21-19+. The summed E-state index contributed by atoms with van der Waals surface area (Å²) in [5, 5.41) is 0. The molecule has 0 saturated heterocycles. The van der Waals surface area contributed by atoms with Crippen LogP contribution in [0.1, 0.15) is 33.4 Å². The fourth-order valence-corrected chi connectivity index (χ4v) is 3.75. The lowest BCUT2D eigenvalue weighted by Gasteiger charge is -2.03. The van der Waals surface area contributed by atoms with Gasteiger partial charge in [-0.25, -0.2) is 14.0 Å². The van der Waals surface area contributed by atoms with Crippen molar-refractivity contribution in [1.82, 2.24) is 0 Å². The molecule has 0 amide bonds. The van der Waals surface area contributed by atoms with Gasteiger partial charge < -0.3 is 9.47 Å². The van der Waals surface area contributed by atoms with Crippen molar-refractivity contribution in [2.45, 2.75) is 0 Å². The number of benzene rings is 4. The molecule has 0 N–H and O–H groups in total. The Balaban J connectivity index is 1.37. The van der Waals surface area contributed by atoms with Gasteiger partial charge >= 0.3 is 11.9 Å². The van der Waals surface area contributed by atoms with Gasteiger partial charge in [0.05, 0.1) is 0 Å². The Morgan fingerprint density at radius 2 is 0.951 bits per heavy atom. The summed E-state index contributed by atoms with van der Waals surface area (Å²) < 4.78 is 25.1. The summed E-state index contributed by atoms with van der Waals surface area (Å²) in [5.41, 5.74) is 4.79. The van der Waals surface area contributed by atoms with E-state index in [1.165, 1.54) is 6.07 Å². The molecule has 0 fully saturated rings. The molecule has 4 nitrogen and oxygen atoms in total. The van der Waals surface area contributed by atoms with Gasteiger partial charge in [0.25, 0.3) is 0 Å². The molecular weight excluding hydrogens is 515 g/mol. The molecule has 4 aromatic carbocycles. The number of hydrogen-bond acceptors (Lipinski definition) is 4. The van der Waals surface area contributed by atoms with Crippen molar-refractivity contribution in [3.63, 3.8) is 0 Å². The van der Waals surface area contributed by atoms with Crippen LogP contribution in [-0.2, 0) is 9.59 Å². The van der Waals surface area contributed by atoms with Crippen molar-refractivity contribution < 1.29 is 23.5 Å². The Morgan fingerprint density at radius 1 is 0.537 bits per heavy atom. The largest absolute Gasteiger partial charge is 0.423 e. The lowest BCUT2D eigenvalue weighted by Crippen LogP contribution is -2.02. The van der Waals surface area contributed by atoms with Gasteiger partial charge in [-0.3, -0.25) is 0 Å². The van der Waals surface area contributed by atoms with Crippen molar-refractivity contribution in [2.24, 2.45) is 0 Å². The quantitative estimate of drug-likeness (QED) is 0.0872. The molecule has 0 heterocycles. The Morgan fingerprint density at radius 3 is 1.41 bits per heavy atom. The third-order valence-corrected chi connectivity index (χ3v) is 5.84. The van der Waals surface area contributed by atoms with Crippen LogP contribution < -0.4 is 9.47 Å². The van der Waals surface area contributed by atoms with Crippen LogP contribution in [0.3, 0.4) is 0 Å². The van der Waals surface area contributed by atoms with Crippen molar-refractivity contribution in [1.29, 1.82) is 0 Å². The smallest absolute Gasteiger partial charge is 0.335 e. The average molecular weight is 543 g/mol. The normalized spacial score (nSPS) is 11.1. The molecule has 0 unspecified atom stereocenters. The van der Waals surface area contributed by atoms with Crippen LogP contribution in [0.5, 0.6) is 11.5 Å². The van der Waals surface area contributed by atoms with Gasteiger partial charge in [-0.1, -0.05) is 110 Å². The molecule has 0 atom stereocenters. The van der Waals surface area contributed by atoms with E-state index in [-0.39, 0.29) is 5.82 Å². The predicted molar refractivity (Wildman–Crippen MR) is 164 cm³/mol. The number of rotatable bonds is 10. The second-order valence-corrected chi connectivity index (χ2v) is 8.84. The monoisotopic (exact) mass is 542 g/mol. The molecule has 0 aromatic heterocycles. The topological polar surface area (TPSA) is 52.6 Å². The molecule has 0 aliphatic carbocycles. The Labute approximate surface area is 238 Å². The minimum atomic E-state index is -0.530. The minimum absolute atomic E-state index is 0.336. The highest BCUT2D eigenvalue weighted by atomic mass is 19.1. The first-order valence-electron chi connectivity index (χ1n) is 12.7. The molecule has 0 spiro atoms. The summed E-state index contributed by atoms with van der Waals surface area (Å²) in [6.07, 6.45) is 13.3.